The minimum atomic E-state index is 0.190. The van der Waals surface area contributed by atoms with Crippen molar-refractivity contribution in [3.8, 4) is 5.75 Å². The number of ether oxygens (including phenoxy) is 1. The van der Waals surface area contributed by atoms with Gasteiger partial charge >= 0.3 is 0 Å². The lowest BCUT2D eigenvalue weighted by Gasteiger charge is -2.27. The molecule has 1 N–H and O–H groups in total. The molecule has 1 aromatic rings. The molecule has 0 amide bonds. The summed E-state index contributed by atoms with van der Waals surface area (Å²) in [6.07, 6.45) is 3.88. The first kappa shape index (κ1) is 13.7. The van der Waals surface area contributed by atoms with Crippen LogP contribution in [0.1, 0.15) is 24.8 Å². The third kappa shape index (κ3) is 3.61. The Morgan fingerprint density at radius 3 is 3.00 bits per heavy atom. The average molecular weight is 270 g/mol. The number of hydrogen-bond donors (Lipinski definition) is 1. The molecule has 0 spiro atoms. The van der Waals surface area contributed by atoms with Crippen molar-refractivity contribution in [2.45, 2.75) is 31.9 Å². The third-order valence-corrected chi connectivity index (χ3v) is 3.60. The minimum absolute atomic E-state index is 0.190. The fraction of sp³-hybridized carbons (Fsp3) is 0.571. The van der Waals surface area contributed by atoms with E-state index in [1.807, 2.05) is 19.2 Å². The number of benzene rings is 1. The van der Waals surface area contributed by atoms with Gasteiger partial charge in [-0.25, -0.2) is 0 Å². The number of likely N-dealkylation sites (N-methyl/N-ethyl adjacent to an activating group) is 1. The predicted molar refractivity (Wildman–Crippen MR) is 73.0 cm³/mol. The quantitative estimate of drug-likeness (QED) is 0.912. The molecule has 0 aliphatic carbocycles. The molecule has 1 aromatic carbocycles. The molecule has 100 valence electrons. The van der Waals surface area contributed by atoms with Gasteiger partial charge in [-0.3, -0.25) is 4.90 Å². The van der Waals surface area contributed by atoms with Gasteiger partial charge in [0.1, 0.15) is 5.75 Å². The standard InChI is InChI=1S/C14H20ClNO2/c1-16(10-12-6-2-3-8-18-12)9-11-5-4-7-13(15)14(11)17/h4-5,7,12,17H,2-3,6,8-10H2,1H3. The average Bonchev–Trinajstić information content (AvgIpc) is 2.36. The third-order valence-electron chi connectivity index (χ3n) is 3.30. The van der Waals surface area contributed by atoms with Gasteiger partial charge in [0.2, 0.25) is 0 Å². The molecule has 1 saturated heterocycles. The van der Waals surface area contributed by atoms with Crippen molar-refractivity contribution in [3.63, 3.8) is 0 Å². The molecule has 1 aliphatic heterocycles. The van der Waals surface area contributed by atoms with E-state index in [1.165, 1.54) is 12.8 Å². The molecule has 18 heavy (non-hydrogen) atoms. The lowest BCUT2D eigenvalue weighted by molar-refractivity contribution is -0.00267. The fourth-order valence-electron chi connectivity index (χ4n) is 2.34. The summed E-state index contributed by atoms with van der Waals surface area (Å²) in [5.74, 6) is 0.190. The van der Waals surface area contributed by atoms with Crippen LogP contribution >= 0.6 is 11.6 Å². The summed E-state index contributed by atoms with van der Waals surface area (Å²) in [6, 6.07) is 5.46. The fourth-order valence-corrected chi connectivity index (χ4v) is 2.54. The smallest absolute Gasteiger partial charge is 0.138 e. The molecule has 1 unspecified atom stereocenters. The number of halogens is 1. The van der Waals surface area contributed by atoms with Crippen LogP contribution in [0.3, 0.4) is 0 Å². The molecule has 1 heterocycles. The van der Waals surface area contributed by atoms with Crippen LogP contribution in [-0.2, 0) is 11.3 Å². The van der Waals surface area contributed by atoms with Gasteiger partial charge in [-0.2, -0.15) is 0 Å². The molecular formula is C14H20ClNO2. The number of aromatic hydroxyl groups is 1. The lowest BCUT2D eigenvalue weighted by atomic mass is 10.1. The number of para-hydroxylation sites is 1. The van der Waals surface area contributed by atoms with E-state index in [9.17, 15) is 5.11 Å². The summed E-state index contributed by atoms with van der Waals surface area (Å²) in [4.78, 5) is 2.17. The number of phenolic OH excluding ortho intramolecular Hbond substituents is 1. The zero-order valence-electron chi connectivity index (χ0n) is 10.7. The molecule has 0 saturated carbocycles. The van der Waals surface area contributed by atoms with Crippen LogP contribution in [0.15, 0.2) is 18.2 Å². The topological polar surface area (TPSA) is 32.7 Å². The van der Waals surface area contributed by atoms with Gasteiger partial charge in [0.25, 0.3) is 0 Å². The molecule has 0 aromatic heterocycles. The second kappa shape index (κ2) is 6.41. The first-order chi connectivity index (χ1) is 8.66. The highest BCUT2D eigenvalue weighted by Crippen LogP contribution is 2.27. The van der Waals surface area contributed by atoms with Crippen molar-refractivity contribution in [2.24, 2.45) is 0 Å². The summed E-state index contributed by atoms with van der Waals surface area (Å²) in [5, 5.41) is 10.3. The van der Waals surface area contributed by atoms with Crippen molar-refractivity contribution in [3.05, 3.63) is 28.8 Å². The van der Waals surface area contributed by atoms with E-state index >= 15 is 0 Å². The predicted octanol–water partition coefficient (Wildman–Crippen LogP) is 3.05. The zero-order valence-corrected chi connectivity index (χ0v) is 11.5. The largest absolute Gasteiger partial charge is 0.506 e. The molecule has 3 nitrogen and oxygen atoms in total. The van der Waals surface area contributed by atoms with Crippen molar-refractivity contribution >= 4 is 11.6 Å². The van der Waals surface area contributed by atoms with Crippen LogP contribution < -0.4 is 0 Å². The molecule has 2 rings (SSSR count). The van der Waals surface area contributed by atoms with Gasteiger partial charge < -0.3 is 9.84 Å². The van der Waals surface area contributed by atoms with E-state index in [1.54, 1.807) is 6.07 Å². The van der Waals surface area contributed by atoms with Crippen LogP contribution in [0.5, 0.6) is 5.75 Å². The molecule has 1 atom stereocenters. The van der Waals surface area contributed by atoms with Gasteiger partial charge in [-0.05, 0) is 32.4 Å². The lowest BCUT2D eigenvalue weighted by Crippen LogP contribution is -2.33. The summed E-state index contributed by atoms with van der Waals surface area (Å²) in [6.45, 7) is 2.46. The summed E-state index contributed by atoms with van der Waals surface area (Å²) in [7, 11) is 2.04. The Balaban J connectivity index is 1.90. The maximum Gasteiger partial charge on any atom is 0.138 e. The summed E-state index contributed by atoms with van der Waals surface area (Å²) >= 11 is 5.90. The van der Waals surface area contributed by atoms with E-state index < -0.39 is 0 Å². The minimum Gasteiger partial charge on any atom is -0.506 e. The Labute approximate surface area is 113 Å². The van der Waals surface area contributed by atoms with Crippen LogP contribution in [0, 0.1) is 0 Å². The number of phenols is 1. The second-order valence-electron chi connectivity index (χ2n) is 4.93. The van der Waals surface area contributed by atoms with Crippen molar-refractivity contribution < 1.29 is 9.84 Å². The Bertz CT molecular complexity index is 391. The van der Waals surface area contributed by atoms with Crippen LogP contribution in [-0.4, -0.2) is 36.3 Å². The van der Waals surface area contributed by atoms with Crippen molar-refractivity contribution in [2.75, 3.05) is 20.2 Å². The summed E-state index contributed by atoms with van der Waals surface area (Å²) in [5.41, 5.74) is 0.862. The Morgan fingerprint density at radius 1 is 1.44 bits per heavy atom. The van der Waals surface area contributed by atoms with Gasteiger partial charge in [0, 0.05) is 25.3 Å². The highest BCUT2D eigenvalue weighted by Gasteiger charge is 2.16. The number of hydrogen-bond acceptors (Lipinski definition) is 3. The Morgan fingerprint density at radius 2 is 2.28 bits per heavy atom. The number of nitrogens with zero attached hydrogens (tertiary/aromatic N) is 1. The van der Waals surface area contributed by atoms with Crippen molar-refractivity contribution in [1.29, 1.82) is 0 Å². The Kier molecular flexibility index (Phi) is 4.87. The highest BCUT2D eigenvalue weighted by molar-refractivity contribution is 6.32. The molecular weight excluding hydrogens is 250 g/mol. The van der Waals surface area contributed by atoms with E-state index in [0.29, 0.717) is 17.7 Å². The van der Waals surface area contributed by atoms with E-state index in [0.717, 1.165) is 25.1 Å². The van der Waals surface area contributed by atoms with Gasteiger partial charge in [-0.1, -0.05) is 23.7 Å². The second-order valence-corrected chi connectivity index (χ2v) is 5.34. The monoisotopic (exact) mass is 269 g/mol. The highest BCUT2D eigenvalue weighted by atomic mass is 35.5. The van der Waals surface area contributed by atoms with Crippen molar-refractivity contribution in [1.82, 2.24) is 4.90 Å². The van der Waals surface area contributed by atoms with E-state index in [2.05, 4.69) is 4.90 Å². The van der Waals surface area contributed by atoms with Crippen LogP contribution in [0.2, 0.25) is 5.02 Å². The molecule has 4 heteroatoms. The molecule has 0 bridgehead atoms. The first-order valence-corrected chi connectivity index (χ1v) is 6.81. The molecule has 1 fully saturated rings. The SMILES string of the molecule is CN(Cc1cccc(Cl)c1O)CC1CCCCO1. The van der Waals surface area contributed by atoms with Gasteiger partial charge in [0.05, 0.1) is 11.1 Å². The molecule has 1 aliphatic rings. The van der Waals surface area contributed by atoms with Crippen LogP contribution in [0.4, 0.5) is 0 Å². The molecule has 0 radical (unpaired) electrons. The normalized spacial score (nSPS) is 20.3. The maximum absolute atomic E-state index is 9.86. The zero-order chi connectivity index (χ0) is 13.0. The Hall–Kier alpha value is -0.770. The first-order valence-electron chi connectivity index (χ1n) is 6.43. The van der Waals surface area contributed by atoms with E-state index in [4.69, 9.17) is 16.3 Å². The van der Waals surface area contributed by atoms with Gasteiger partial charge in [-0.15, -0.1) is 0 Å². The van der Waals surface area contributed by atoms with Crippen LogP contribution in [0.25, 0.3) is 0 Å². The van der Waals surface area contributed by atoms with E-state index in [-0.39, 0.29) is 5.75 Å². The maximum atomic E-state index is 9.86. The van der Waals surface area contributed by atoms with Gasteiger partial charge in [0.15, 0.2) is 0 Å². The summed E-state index contributed by atoms with van der Waals surface area (Å²) < 4.78 is 5.71. The number of rotatable bonds is 4.